The van der Waals surface area contributed by atoms with Gasteiger partial charge >= 0.3 is 0 Å². The van der Waals surface area contributed by atoms with Crippen molar-refractivity contribution >= 4 is 34.1 Å². The number of fused-ring (bicyclic) bond motifs is 2. The van der Waals surface area contributed by atoms with Crippen LogP contribution in [0.2, 0.25) is 0 Å². The number of aliphatic imine (C=N–C) groups is 1. The van der Waals surface area contributed by atoms with Gasteiger partial charge in [-0.25, -0.2) is 15.4 Å². The topological polar surface area (TPSA) is 74.6 Å². The molecule has 0 saturated heterocycles. The second kappa shape index (κ2) is 5.40. The van der Waals surface area contributed by atoms with Crippen LogP contribution in [0, 0.1) is 0 Å². The molecule has 2 aromatic heterocycles. The van der Waals surface area contributed by atoms with Crippen molar-refractivity contribution in [3.8, 4) is 0 Å². The summed E-state index contributed by atoms with van der Waals surface area (Å²) >= 11 is 0. The quantitative estimate of drug-likeness (QED) is 0.428. The smallest absolute Gasteiger partial charge is 0.212 e. The van der Waals surface area contributed by atoms with E-state index in [4.69, 9.17) is 4.98 Å². The van der Waals surface area contributed by atoms with Crippen molar-refractivity contribution < 1.29 is 0 Å². The predicted octanol–water partition coefficient (Wildman–Crippen LogP) is 1.67. The van der Waals surface area contributed by atoms with Crippen LogP contribution in [0.3, 0.4) is 0 Å². The molecule has 4 rings (SSSR count). The fraction of sp³-hybridized carbons (Fsp3) is 0.125. The van der Waals surface area contributed by atoms with Gasteiger partial charge in [0.15, 0.2) is 0 Å². The fourth-order valence-corrected chi connectivity index (χ4v) is 2.45. The number of hydrogen-bond donors (Lipinski definition) is 2. The molecule has 0 radical (unpaired) electrons. The zero-order valence-corrected chi connectivity index (χ0v) is 11.8. The molecule has 6 heteroatoms. The Balaban J connectivity index is 1.73. The minimum atomic E-state index is 0.707. The summed E-state index contributed by atoms with van der Waals surface area (Å²) in [6.07, 6.45) is 3.54. The molecule has 0 unspecified atom stereocenters. The molecule has 1 aliphatic heterocycles. The van der Waals surface area contributed by atoms with Gasteiger partial charge < -0.3 is 5.32 Å². The number of hydrogen-bond acceptors (Lipinski definition) is 6. The monoisotopic (exact) mass is 290 g/mol. The van der Waals surface area contributed by atoms with Crippen LogP contribution in [0.25, 0.3) is 21.9 Å². The van der Waals surface area contributed by atoms with Crippen molar-refractivity contribution in [3.05, 3.63) is 48.2 Å². The summed E-state index contributed by atoms with van der Waals surface area (Å²) in [6, 6.07) is 11.9. The summed E-state index contributed by atoms with van der Waals surface area (Å²) in [5.74, 6) is 0.707. The number of nitrogens with zero attached hydrogens (tertiary/aromatic N) is 4. The van der Waals surface area contributed by atoms with Gasteiger partial charge in [-0.15, -0.1) is 0 Å². The van der Waals surface area contributed by atoms with E-state index < -0.39 is 0 Å². The first kappa shape index (κ1) is 12.7. The molecule has 0 saturated carbocycles. The molecule has 0 bridgehead atoms. The molecular weight excluding hydrogens is 276 g/mol. The molecule has 3 aromatic rings. The molecule has 0 fully saturated rings. The molecule has 3 heterocycles. The molecule has 1 aliphatic rings. The Morgan fingerprint density at radius 2 is 2.18 bits per heavy atom. The summed E-state index contributed by atoms with van der Waals surface area (Å²) in [7, 11) is 0. The number of rotatable bonds is 2. The van der Waals surface area contributed by atoms with E-state index in [1.54, 1.807) is 12.4 Å². The summed E-state index contributed by atoms with van der Waals surface area (Å²) in [6.45, 7) is 1.64. The summed E-state index contributed by atoms with van der Waals surface area (Å²) in [5.41, 5.74) is 6.54. The zero-order chi connectivity index (χ0) is 14.8. The van der Waals surface area contributed by atoms with Gasteiger partial charge in [-0.1, -0.05) is 18.2 Å². The minimum absolute atomic E-state index is 0.707. The van der Waals surface area contributed by atoms with Crippen molar-refractivity contribution in [1.82, 2.24) is 20.7 Å². The van der Waals surface area contributed by atoms with Crippen molar-refractivity contribution in [2.45, 2.75) is 0 Å². The van der Waals surface area contributed by atoms with Crippen LogP contribution in [0.4, 0.5) is 0 Å². The lowest BCUT2D eigenvalue weighted by molar-refractivity contribution is 0.920. The minimum Gasteiger partial charge on any atom is -0.353 e. The van der Waals surface area contributed by atoms with Crippen LogP contribution in [0.1, 0.15) is 5.56 Å². The number of benzene rings is 1. The van der Waals surface area contributed by atoms with E-state index in [-0.39, 0.29) is 0 Å². The van der Waals surface area contributed by atoms with E-state index in [9.17, 15) is 0 Å². The third-order valence-corrected chi connectivity index (χ3v) is 3.49. The molecule has 22 heavy (non-hydrogen) atoms. The SMILES string of the molecule is C(=N/NC1=NCCN1)/c1cccc2cc3ncccc3nc12. The van der Waals surface area contributed by atoms with Gasteiger partial charge in [0, 0.05) is 23.7 Å². The highest BCUT2D eigenvalue weighted by Gasteiger charge is 2.05. The van der Waals surface area contributed by atoms with Gasteiger partial charge in [0.25, 0.3) is 0 Å². The van der Waals surface area contributed by atoms with Crippen LogP contribution in [0.15, 0.2) is 52.7 Å². The van der Waals surface area contributed by atoms with E-state index in [0.717, 1.165) is 40.6 Å². The van der Waals surface area contributed by atoms with Gasteiger partial charge in [0.1, 0.15) is 0 Å². The van der Waals surface area contributed by atoms with Crippen molar-refractivity contribution in [3.63, 3.8) is 0 Å². The van der Waals surface area contributed by atoms with E-state index in [0.29, 0.717) is 5.96 Å². The average Bonchev–Trinajstić information content (AvgIpc) is 3.07. The standard InChI is InChI=1S/C16H14N6/c1-3-11-9-14-13(5-2-6-17-14)21-15(11)12(4-1)10-20-22-16-18-7-8-19-16/h1-6,9-10H,7-8H2,(H2,18,19,22)/b20-10-. The molecular formula is C16H14N6. The normalized spacial score (nSPS) is 14.5. The molecule has 0 aliphatic carbocycles. The van der Waals surface area contributed by atoms with Crippen LogP contribution >= 0.6 is 0 Å². The number of para-hydroxylation sites is 1. The molecule has 108 valence electrons. The molecule has 0 amide bonds. The lowest BCUT2D eigenvalue weighted by Gasteiger charge is -2.04. The fourth-order valence-electron chi connectivity index (χ4n) is 2.45. The van der Waals surface area contributed by atoms with Crippen molar-refractivity contribution in [2.24, 2.45) is 10.1 Å². The summed E-state index contributed by atoms with van der Waals surface area (Å²) < 4.78 is 0. The van der Waals surface area contributed by atoms with Gasteiger partial charge in [0.05, 0.1) is 29.3 Å². The van der Waals surface area contributed by atoms with Gasteiger partial charge in [0.2, 0.25) is 5.96 Å². The molecule has 0 spiro atoms. The van der Waals surface area contributed by atoms with Crippen molar-refractivity contribution in [1.29, 1.82) is 0 Å². The summed E-state index contributed by atoms with van der Waals surface area (Å²) in [4.78, 5) is 13.3. The number of aromatic nitrogens is 2. The second-order valence-electron chi connectivity index (χ2n) is 4.98. The van der Waals surface area contributed by atoms with Crippen LogP contribution in [-0.4, -0.2) is 35.2 Å². The second-order valence-corrected chi connectivity index (χ2v) is 4.98. The van der Waals surface area contributed by atoms with E-state index >= 15 is 0 Å². The number of guanidine groups is 1. The van der Waals surface area contributed by atoms with Crippen LogP contribution < -0.4 is 10.7 Å². The van der Waals surface area contributed by atoms with Gasteiger partial charge in [-0.2, -0.15) is 5.10 Å². The van der Waals surface area contributed by atoms with Gasteiger partial charge in [-0.3, -0.25) is 4.98 Å². The Hall–Kier alpha value is -3.02. The molecule has 1 aromatic carbocycles. The molecule has 6 nitrogen and oxygen atoms in total. The Morgan fingerprint density at radius 1 is 1.18 bits per heavy atom. The highest BCUT2D eigenvalue weighted by molar-refractivity contribution is 6.01. The highest BCUT2D eigenvalue weighted by Crippen LogP contribution is 2.20. The Morgan fingerprint density at radius 3 is 3.09 bits per heavy atom. The maximum absolute atomic E-state index is 4.70. The number of pyridine rings is 2. The third-order valence-electron chi connectivity index (χ3n) is 3.49. The van der Waals surface area contributed by atoms with E-state index in [2.05, 4.69) is 25.8 Å². The average molecular weight is 290 g/mol. The van der Waals surface area contributed by atoms with Crippen LogP contribution in [0.5, 0.6) is 0 Å². The largest absolute Gasteiger partial charge is 0.353 e. The molecule has 2 N–H and O–H groups in total. The van der Waals surface area contributed by atoms with Crippen LogP contribution in [-0.2, 0) is 0 Å². The molecule has 0 atom stereocenters. The predicted molar refractivity (Wildman–Crippen MR) is 88.1 cm³/mol. The first-order valence-corrected chi connectivity index (χ1v) is 7.12. The summed E-state index contributed by atoms with van der Waals surface area (Å²) in [5, 5.41) is 8.38. The zero-order valence-electron chi connectivity index (χ0n) is 11.8. The first-order chi connectivity index (χ1) is 10.9. The number of nitrogens with one attached hydrogen (secondary N) is 2. The Kier molecular flexibility index (Phi) is 3.12. The first-order valence-electron chi connectivity index (χ1n) is 7.12. The van der Waals surface area contributed by atoms with E-state index in [1.165, 1.54) is 0 Å². The van der Waals surface area contributed by atoms with E-state index in [1.807, 2.05) is 36.4 Å². The Labute approximate surface area is 127 Å². The number of hydrazone groups is 1. The highest BCUT2D eigenvalue weighted by atomic mass is 15.4. The maximum Gasteiger partial charge on any atom is 0.212 e. The lowest BCUT2D eigenvalue weighted by Crippen LogP contribution is -2.30. The lowest BCUT2D eigenvalue weighted by atomic mass is 10.1. The third kappa shape index (κ3) is 2.35. The Bertz CT molecular complexity index is 899. The van der Waals surface area contributed by atoms with Gasteiger partial charge in [-0.05, 0) is 18.2 Å². The van der Waals surface area contributed by atoms with Crippen molar-refractivity contribution in [2.75, 3.05) is 13.1 Å². The maximum atomic E-state index is 4.70.